The first-order valence-corrected chi connectivity index (χ1v) is 7.29. The minimum absolute atomic E-state index is 0.0148. The third-order valence-corrected chi connectivity index (χ3v) is 4.13. The zero-order valence-corrected chi connectivity index (χ0v) is 12.5. The third kappa shape index (κ3) is 4.01. The molecule has 0 saturated carbocycles. The van der Waals surface area contributed by atoms with E-state index in [0.717, 1.165) is 25.1 Å². The van der Waals surface area contributed by atoms with Crippen LogP contribution in [0.4, 0.5) is 4.39 Å². The molecule has 5 heteroatoms. The van der Waals surface area contributed by atoms with E-state index < -0.39 is 0 Å². The second-order valence-corrected chi connectivity index (χ2v) is 5.92. The lowest BCUT2D eigenvalue weighted by molar-refractivity contribution is -0.121. The molecular weight excluding hydrogens is 311 g/mol. The Morgan fingerprint density at radius 2 is 2.37 bits per heavy atom. The summed E-state index contributed by atoms with van der Waals surface area (Å²) in [6, 6.07) is 4.85. The van der Waals surface area contributed by atoms with E-state index in [1.165, 1.54) is 6.07 Å². The number of rotatable bonds is 3. The quantitative estimate of drug-likeness (QED) is 0.893. The van der Waals surface area contributed by atoms with Crippen LogP contribution in [0, 0.1) is 11.7 Å². The summed E-state index contributed by atoms with van der Waals surface area (Å²) in [6.07, 6.45) is 1.36. The third-order valence-electron chi connectivity index (χ3n) is 3.52. The molecule has 1 aliphatic heterocycles. The van der Waals surface area contributed by atoms with Crippen molar-refractivity contribution in [1.82, 2.24) is 10.6 Å². The molecule has 0 radical (unpaired) electrons. The molecule has 19 heavy (non-hydrogen) atoms. The lowest BCUT2D eigenvalue weighted by Gasteiger charge is -2.30. The van der Waals surface area contributed by atoms with Gasteiger partial charge in [0, 0.05) is 12.6 Å². The van der Waals surface area contributed by atoms with E-state index in [2.05, 4.69) is 33.5 Å². The highest BCUT2D eigenvalue weighted by Gasteiger charge is 2.22. The lowest BCUT2D eigenvalue weighted by atomic mass is 9.94. The number of nitrogens with one attached hydrogen (secondary N) is 2. The smallest absolute Gasteiger partial charge is 0.224 e. The average molecular weight is 329 g/mol. The molecule has 0 aliphatic carbocycles. The van der Waals surface area contributed by atoms with Gasteiger partial charge in [0.2, 0.25) is 5.91 Å². The molecule has 1 saturated heterocycles. The van der Waals surface area contributed by atoms with Gasteiger partial charge in [-0.05, 0) is 52.5 Å². The van der Waals surface area contributed by atoms with Crippen LogP contribution < -0.4 is 10.6 Å². The standard InChI is InChI=1S/C14H18BrFN2O/c1-9-4-5-17-8-13(9)18-14(19)7-10-2-3-12(16)11(15)6-10/h2-3,6,9,13,17H,4-5,7-8H2,1H3,(H,18,19). The second-order valence-electron chi connectivity index (χ2n) is 5.07. The maximum atomic E-state index is 13.1. The van der Waals surface area contributed by atoms with Crippen molar-refractivity contribution in [2.45, 2.75) is 25.8 Å². The molecule has 0 spiro atoms. The molecule has 1 amide bonds. The Bertz CT molecular complexity index is 467. The van der Waals surface area contributed by atoms with Crippen LogP contribution in [-0.4, -0.2) is 25.0 Å². The predicted octanol–water partition coefficient (Wildman–Crippen LogP) is 2.24. The van der Waals surface area contributed by atoms with Gasteiger partial charge in [-0.3, -0.25) is 4.79 Å². The monoisotopic (exact) mass is 328 g/mol. The summed E-state index contributed by atoms with van der Waals surface area (Å²) in [5, 5.41) is 6.32. The molecule has 1 aromatic rings. The summed E-state index contributed by atoms with van der Waals surface area (Å²) in [6.45, 7) is 3.98. The lowest BCUT2D eigenvalue weighted by Crippen LogP contribution is -2.50. The second kappa shape index (κ2) is 6.48. The summed E-state index contributed by atoms with van der Waals surface area (Å²) >= 11 is 3.13. The molecular formula is C14H18BrFN2O. The molecule has 2 N–H and O–H groups in total. The summed E-state index contributed by atoms with van der Waals surface area (Å²) in [5.41, 5.74) is 0.808. The summed E-state index contributed by atoms with van der Waals surface area (Å²) in [5.74, 6) is 0.165. The van der Waals surface area contributed by atoms with E-state index in [1.807, 2.05) is 0 Å². The van der Waals surface area contributed by atoms with Gasteiger partial charge in [-0.1, -0.05) is 13.0 Å². The zero-order chi connectivity index (χ0) is 13.8. The van der Waals surface area contributed by atoms with Gasteiger partial charge in [-0.25, -0.2) is 4.39 Å². The van der Waals surface area contributed by atoms with E-state index in [4.69, 9.17) is 0 Å². The maximum absolute atomic E-state index is 13.1. The molecule has 1 heterocycles. The van der Waals surface area contributed by atoms with Crippen molar-refractivity contribution < 1.29 is 9.18 Å². The normalized spacial score (nSPS) is 23.1. The minimum atomic E-state index is -0.311. The first-order chi connectivity index (χ1) is 9.06. The van der Waals surface area contributed by atoms with Crippen LogP contribution >= 0.6 is 15.9 Å². The van der Waals surface area contributed by atoms with Crippen LogP contribution in [0.3, 0.4) is 0 Å². The highest BCUT2D eigenvalue weighted by molar-refractivity contribution is 9.10. The zero-order valence-electron chi connectivity index (χ0n) is 10.9. The first kappa shape index (κ1) is 14.5. The molecule has 2 unspecified atom stereocenters. The highest BCUT2D eigenvalue weighted by Crippen LogP contribution is 2.17. The number of hydrogen-bond donors (Lipinski definition) is 2. The van der Waals surface area contributed by atoms with E-state index in [0.29, 0.717) is 10.4 Å². The number of halogens is 2. The summed E-state index contributed by atoms with van der Waals surface area (Å²) in [7, 11) is 0. The molecule has 0 aromatic heterocycles. The van der Waals surface area contributed by atoms with Crippen LogP contribution in [0.1, 0.15) is 18.9 Å². The van der Waals surface area contributed by atoms with Gasteiger partial charge in [0.15, 0.2) is 0 Å². The van der Waals surface area contributed by atoms with E-state index in [-0.39, 0.29) is 24.2 Å². The number of carbonyl (C=O) groups excluding carboxylic acids is 1. The van der Waals surface area contributed by atoms with E-state index in [1.54, 1.807) is 12.1 Å². The van der Waals surface area contributed by atoms with Gasteiger partial charge < -0.3 is 10.6 Å². The maximum Gasteiger partial charge on any atom is 0.224 e. The molecule has 1 fully saturated rings. The SMILES string of the molecule is CC1CCNCC1NC(=O)Cc1ccc(F)c(Br)c1. The number of hydrogen-bond acceptors (Lipinski definition) is 2. The Hall–Kier alpha value is -0.940. The fourth-order valence-corrected chi connectivity index (χ4v) is 2.70. The molecule has 2 atom stereocenters. The molecule has 1 aromatic carbocycles. The van der Waals surface area contributed by atoms with Gasteiger partial charge in [-0.2, -0.15) is 0 Å². The van der Waals surface area contributed by atoms with Gasteiger partial charge in [0.25, 0.3) is 0 Å². The largest absolute Gasteiger partial charge is 0.352 e. The van der Waals surface area contributed by atoms with Crippen molar-refractivity contribution in [2.75, 3.05) is 13.1 Å². The van der Waals surface area contributed by atoms with Crippen molar-refractivity contribution in [3.63, 3.8) is 0 Å². The van der Waals surface area contributed by atoms with E-state index >= 15 is 0 Å². The molecule has 2 rings (SSSR count). The molecule has 1 aliphatic rings. The van der Waals surface area contributed by atoms with E-state index in [9.17, 15) is 9.18 Å². The fourth-order valence-electron chi connectivity index (χ4n) is 2.28. The fraction of sp³-hybridized carbons (Fsp3) is 0.500. The van der Waals surface area contributed by atoms with Gasteiger partial charge >= 0.3 is 0 Å². The van der Waals surface area contributed by atoms with Crippen LogP contribution in [0.25, 0.3) is 0 Å². The number of carbonyl (C=O) groups is 1. The van der Waals surface area contributed by atoms with Crippen LogP contribution in [0.2, 0.25) is 0 Å². The molecule has 104 valence electrons. The topological polar surface area (TPSA) is 41.1 Å². The summed E-state index contributed by atoms with van der Waals surface area (Å²) in [4.78, 5) is 12.0. The number of benzene rings is 1. The number of amides is 1. The van der Waals surface area contributed by atoms with Crippen LogP contribution in [0.5, 0.6) is 0 Å². The van der Waals surface area contributed by atoms with Crippen molar-refractivity contribution in [2.24, 2.45) is 5.92 Å². The number of piperidine rings is 1. The van der Waals surface area contributed by atoms with Gasteiger partial charge in [0.1, 0.15) is 5.82 Å². The van der Waals surface area contributed by atoms with Crippen molar-refractivity contribution in [1.29, 1.82) is 0 Å². The minimum Gasteiger partial charge on any atom is -0.352 e. The van der Waals surface area contributed by atoms with Crippen molar-refractivity contribution >= 4 is 21.8 Å². The molecule has 3 nitrogen and oxygen atoms in total. The van der Waals surface area contributed by atoms with Gasteiger partial charge in [0.05, 0.1) is 10.9 Å². The summed E-state index contributed by atoms with van der Waals surface area (Å²) < 4.78 is 13.5. The Labute approximate surface area is 121 Å². The van der Waals surface area contributed by atoms with Gasteiger partial charge in [-0.15, -0.1) is 0 Å². The predicted molar refractivity (Wildman–Crippen MR) is 76.4 cm³/mol. The van der Waals surface area contributed by atoms with Crippen molar-refractivity contribution in [3.05, 3.63) is 34.1 Å². The van der Waals surface area contributed by atoms with Crippen LogP contribution in [-0.2, 0) is 11.2 Å². The van der Waals surface area contributed by atoms with Crippen molar-refractivity contribution in [3.8, 4) is 0 Å². The highest BCUT2D eigenvalue weighted by atomic mass is 79.9. The average Bonchev–Trinajstić information content (AvgIpc) is 2.37. The van der Waals surface area contributed by atoms with Crippen LogP contribution in [0.15, 0.2) is 22.7 Å². The Morgan fingerprint density at radius 1 is 1.58 bits per heavy atom. The first-order valence-electron chi connectivity index (χ1n) is 6.50. The Kier molecular flexibility index (Phi) is 4.93. The Morgan fingerprint density at radius 3 is 3.05 bits per heavy atom. The molecule has 0 bridgehead atoms. The Balaban J connectivity index is 1.91.